The molecule has 0 spiro atoms. The summed E-state index contributed by atoms with van der Waals surface area (Å²) in [6.07, 6.45) is 0. The Kier molecular flexibility index (Phi) is 4.62. The number of halogens is 1. The molecule has 6 nitrogen and oxygen atoms in total. The van der Waals surface area contributed by atoms with Crippen LogP contribution in [0.1, 0.15) is 11.1 Å². The van der Waals surface area contributed by atoms with Crippen molar-refractivity contribution < 1.29 is 21.8 Å². The predicted octanol–water partition coefficient (Wildman–Crippen LogP) is 2.80. The van der Waals surface area contributed by atoms with E-state index in [-0.39, 0.29) is 22.2 Å². The lowest BCUT2D eigenvalue weighted by atomic mass is 10.2. The van der Waals surface area contributed by atoms with Crippen molar-refractivity contribution in [1.29, 1.82) is 0 Å². The first-order chi connectivity index (χ1) is 10.3. The lowest BCUT2D eigenvalue weighted by Gasteiger charge is -2.12. The van der Waals surface area contributed by atoms with E-state index in [1.54, 1.807) is 19.1 Å². The van der Waals surface area contributed by atoms with Crippen molar-refractivity contribution in [3.05, 3.63) is 50.3 Å². The van der Waals surface area contributed by atoms with E-state index in [0.717, 1.165) is 4.47 Å². The van der Waals surface area contributed by atoms with E-state index in [2.05, 4.69) is 15.9 Å². The molecule has 1 aromatic heterocycles. The van der Waals surface area contributed by atoms with Crippen LogP contribution in [0, 0.1) is 13.8 Å². The Morgan fingerprint density at radius 1 is 1.09 bits per heavy atom. The molecule has 2 aromatic rings. The highest BCUT2D eigenvalue weighted by molar-refractivity contribution is 9.10. The van der Waals surface area contributed by atoms with Gasteiger partial charge in [0.2, 0.25) is 0 Å². The van der Waals surface area contributed by atoms with Crippen LogP contribution < -0.4 is 14.5 Å². The van der Waals surface area contributed by atoms with Gasteiger partial charge in [0.25, 0.3) is 5.95 Å². The van der Waals surface area contributed by atoms with Crippen LogP contribution in [0.15, 0.2) is 42.8 Å². The molecule has 0 saturated carbocycles. The second-order valence-electron chi connectivity index (χ2n) is 4.45. The van der Waals surface area contributed by atoms with Crippen molar-refractivity contribution in [2.45, 2.75) is 18.7 Å². The summed E-state index contributed by atoms with van der Waals surface area (Å²) in [5, 5.41) is 0. The Hall–Kier alpha value is -1.80. The van der Waals surface area contributed by atoms with Crippen molar-refractivity contribution >= 4 is 26.0 Å². The maximum atomic E-state index is 12.3. The highest BCUT2D eigenvalue weighted by Gasteiger charge is 2.23. The lowest BCUT2D eigenvalue weighted by Crippen LogP contribution is -2.15. The minimum absolute atomic E-state index is 0.0262. The number of benzene rings is 1. The number of hydrogen-bond donors (Lipinski definition) is 0. The van der Waals surface area contributed by atoms with Gasteiger partial charge < -0.3 is 13.3 Å². The molecular formula is C14H13BrO6S. The van der Waals surface area contributed by atoms with Gasteiger partial charge in [0.1, 0.15) is 4.90 Å². The molecule has 0 N–H and O–H groups in total. The normalized spacial score (nSPS) is 11.3. The molecule has 0 aliphatic heterocycles. The fourth-order valence-electron chi connectivity index (χ4n) is 1.78. The van der Waals surface area contributed by atoms with E-state index in [4.69, 9.17) is 13.3 Å². The van der Waals surface area contributed by atoms with Gasteiger partial charge >= 0.3 is 15.7 Å². The van der Waals surface area contributed by atoms with Gasteiger partial charge in [0, 0.05) is 4.47 Å². The van der Waals surface area contributed by atoms with Gasteiger partial charge in [-0.1, -0.05) is 15.9 Å². The summed E-state index contributed by atoms with van der Waals surface area (Å²) in [5.74, 6) is -0.173. The van der Waals surface area contributed by atoms with Crippen molar-refractivity contribution in [2.75, 3.05) is 7.11 Å². The van der Waals surface area contributed by atoms with Gasteiger partial charge in [-0.3, -0.25) is 0 Å². The Morgan fingerprint density at radius 2 is 1.68 bits per heavy atom. The maximum Gasteiger partial charge on any atom is 0.345 e. The zero-order chi connectivity index (χ0) is 16.5. The largest absolute Gasteiger partial charge is 0.468 e. The van der Waals surface area contributed by atoms with Gasteiger partial charge in [0.05, 0.1) is 18.2 Å². The molecular weight excluding hydrogens is 376 g/mol. The van der Waals surface area contributed by atoms with Crippen LogP contribution in [-0.2, 0) is 10.1 Å². The Morgan fingerprint density at radius 3 is 2.23 bits per heavy atom. The molecule has 0 amide bonds. The zero-order valence-electron chi connectivity index (χ0n) is 12.0. The van der Waals surface area contributed by atoms with Crippen molar-refractivity contribution in [1.82, 2.24) is 0 Å². The molecule has 0 atom stereocenters. The van der Waals surface area contributed by atoms with Crippen LogP contribution >= 0.6 is 15.9 Å². The second-order valence-corrected chi connectivity index (χ2v) is 6.91. The summed E-state index contributed by atoms with van der Waals surface area (Å²) in [7, 11) is -2.76. The molecule has 0 bridgehead atoms. The first kappa shape index (κ1) is 16.6. The number of ether oxygens (including phenoxy) is 1. The zero-order valence-corrected chi connectivity index (χ0v) is 14.4. The van der Waals surface area contributed by atoms with Gasteiger partial charge in [-0.15, -0.1) is 0 Å². The summed E-state index contributed by atoms with van der Waals surface area (Å²) >= 11 is 3.22. The Balaban J connectivity index is 2.52. The van der Waals surface area contributed by atoms with Gasteiger partial charge in [0.15, 0.2) is 5.75 Å². The molecule has 8 heteroatoms. The van der Waals surface area contributed by atoms with Crippen molar-refractivity contribution in [3.8, 4) is 11.7 Å². The molecule has 1 heterocycles. The topological polar surface area (TPSA) is 82.8 Å². The molecule has 22 heavy (non-hydrogen) atoms. The maximum absolute atomic E-state index is 12.3. The SMILES string of the molecule is COc1oc(=O)c(C)c(OS(=O)(=O)c2ccc(Br)cc2)c1C. The van der Waals surface area contributed by atoms with Crippen LogP contribution in [0.5, 0.6) is 11.7 Å². The summed E-state index contributed by atoms with van der Waals surface area (Å²) in [4.78, 5) is 11.7. The quantitative estimate of drug-likeness (QED) is 0.748. The van der Waals surface area contributed by atoms with E-state index in [1.807, 2.05) is 0 Å². The molecule has 0 saturated heterocycles. The standard InChI is InChI=1S/C14H13BrO6S/c1-8-12(9(2)14(19-3)20-13(8)16)21-22(17,18)11-6-4-10(15)5-7-11/h4-7H,1-3H3. The van der Waals surface area contributed by atoms with Crippen LogP contribution in [0.2, 0.25) is 0 Å². The summed E-state index contributed by atoms with van der Waals surface area (Å²) in [6, 6.07) is 5.95. The molecule has 2 rings (SSSR count). The molecule has 0 fully saturated rings. The molecule has 0 aliphatic carbocycles. The average molecular weight is 389 g/mol. The Bertz CT molecular complexity index is 852. The number of methoxy groups -OCH3 is 1. The molecule has 0 aliphatic rings. The molecule has 0 unspecified atom stereocenters. The van der Waals surface area contributed by atoms with Crippen LogP contribution in [-0.4, -0.2) is 15.5 Å². The minimum atomic E-state index is -4.07. The molecule has 1 aromatic carbocycles. The second kappa shape index (κ2) is 6.13. The smallest absolute Gasteiger partial charge is 0.345 e. The van der Waals surface area contributed by atoms with E-state index < -0.39 is 15.7 Å². The molecule has 118 valence electrons. The third-order valence-corrected chi connectivity index (χ3v) is 4.72. The first-order valence-electron chi connectivity index (χ1n) is 6.14. The van der Waals surface area contributed by atoms with Crippen LogP contribution in [0.3, 0.4) is 0 Å². The van der Waals surface area contributed by atoms with E-state index in [0.29, 0.717) is 5.56 Å². The van der Waals surface area contributed by atoms with E-state index in [9.17, 15) is 13.2 Å². The number of hydrogen-bond acceptors (Lipinski definition) is 6. The summed E-state index contributed by atoms with van der Waals surface area (Å²) in [6.45, 7) is 2.96. The van der Waals surface area contributed by atoms with Crippen LogP contribution in [0.25, 0.3) is 0 Å². The lowest BCUT2D eigenvalue weighted by molar-refractivity contribution is 0.278. The van der Waals surface area contributed by atoms with Crippen molar-refractivity contribution in [3.63, 3.8) is 0 Å². The highest BCUT2D eigenvalue weighted by Crippen LogP contribution is 2.31. The highest BCUT2D eigenvalue weighted by atomic mass is 79.9. The Labute approximate surface area is 135 Å². The fourth-order valence-corrected chi connectivity index (χ4v) is 3.08. The fraction of sp³-hybridized carbons (Fsp3) is 0.214. The first-order valence-corrected chi connectivity index (χ1v) is 8.34. The summed E-state index contributed by atoms with van der Waals surface area (Å²) in [5.41, 5.74) is -0.372. The van der Waals surface area contributed by atoms with Crippen LogP contribution in [0.4, 0.5) is 0 Å². The van der Waals surface area contributed by atoms with E-state index in [1.165, 1.54) is 26.2 Å². The van der Waals surface area contributed by atoms with E-state index >= 15 is 0 Å². The minimum Gasteiger partial charge on any atom is -0.468 e. The van der Waals surface area contributed by atoms with Gasteiger partial charge in [-0.25, -0.2) is 4.79 Å². The number of rotatable bonds is 4. The monoisotopic (exact) mass is 388 g/mol. The predicted molar refractivity (Wildman–Crippen MR) is 83.0 cm³/mol. The third kappa shape index (κ3) is 3.17. The van der Waals surface area contributed by atoms with Crippen molar-refractivity contribution in [2.24, 2.45) is 0 Å². The third-order valence-electron chi connectivity index (χ3n) is 2.96. The van der Waals surface area contributed by atoms with Gasteiger partial charge in [-0.05, 0) is 38.1 Å². The molecule has 0 radical (unpaired) electrons. The summed E-state index contributed by atoms with van der Waals surface area (Å²) < 4.78 is 40.3. The average Bonchev–Trinajstić information content (AvgIpc) is 2.48. The van der Waals surface area contributed by atoms with Gasteiger partial charge in [-0.2, -0.15) is 8.42 Å².